The zero-order valence-corrected chi connectivity index (χ0v) is 19.5. The fourth-order valence-electron chi connectivity index (χ4n) is 4.39. The number of ether oxygens (including phenoxy) is 1. The number of hydrogen-bond donors (Lipinski definition) is 1. The van der Waals surface area contributed by atoms with Crippen LogP contribution < -0.4 is 10.1 Å². The highest BCUT2D eigenvalue weighted by molar-refractivity contribution is 7.89. The number of furan rings is 1. The van der Waals surface area contributed by atoms with Gasteiger partial charge in [0.2, 0.25) is 10.0 Å². The lowest BCUT2D eigenvalue weighted by molar-refractivity contribution is 0.0998. The summed E-state index contributed by atoms with van der Waals surface area (Å²) in [6.45, 7) is 6.95. The third-order valence-electron chi connectivity index (χ3n) is 5.93. The number of carbonyl (C=O) groups is 1. The predicted molar refractivity (Wildman–Crippen MR) is 124 cm³/mol. The van der Waals surface area contributed by atoms with Crippen LogP contribution in [-0.2, 0) is 10.0 Å². The molecule has 0 aliphatic carbocycles. The summed E-state index contributed by atoms with van der Waals surface area (Å²) in [5.41, 5.74) is 1.68. The molecular formula is C24H28N2O5S. The van der Waals surface area contributed by atoms with E-state index in [2.05, 4.69) is 19.2 Å². The molecule has 4 rings (SSSR count). The molecule has 0 radical (unpaired) electrons. The normalized spacial score (nSPS) is 19.8. The lowest BCUT2D eigenvalue weighted by Crippen LogP contribution is -2.42. The topological polar surface area (TPSA) is 88.8 Å². The maximum absolute atomic E-state index is 13.3. The van der Waals surface area contributed by atoms with Gasteiger partial charge in [0.1, 0.15) is 11.3 Å². The summed E-state index contributed by atoms with van der Waals surface area (Å²) in [6.07, 6.45) is 1.03. The van der Waals surface area contributed by atoms with Gasteiger partial charge in [-0.2, -0.15) is 4.31 Å². The highest BCUT2D eigenvalue weighted by Gasteiger charge is 2.32. The van der Waals surface area contributed by atoms with E-state index in [-0.39, 0.29) is 10.7 Å². The van der Waals surface area contributed by atoms with E-state index >= 15 is 0 Å². The molecule has 3 aromatic rings. The Hall–Kier alpha value is -2.84. The second-order valence-corrected chi connectivity index (χ2v) is 10.6. The fraction of sp³-hybridized carbons (Fsp3) is 0.375. The van der Waals surface area contributed by atoms with Crippen molar-refractivity contribution in [2.24, 2.45) is 11.8 Å². The first-order valence-electron chi connectivity index (χ1n) is 10.7. The number of rotatable bonds is 5. The summed E-state index contributed by atoms with van der Waals surface area (Å²) < 4.78 is 39.0. The molecule has 7 nitrogen and oxygen atoms in total. The lowest BCUT2D eigenvalue weighted by atomic mass is 9.94. The second kappa shape index (κ2) is 8.60. The monoisotopic (exact) mass is 456 g/mol. The molecule has 0 spiro atoms. The molecule has 8 heteroatoms. The Kier molecular flexibility index (Phi) is 6.01. The zero-order valence-electron chi connectivity index (χ0n) is 18.7. The van der Waals surface area contributed by atoms with E-state index < -0.39 is 15.9 Å². The Bertz CT molecular complexity index is 1240. The summed E-state index contributed by atoms with van der Waals surface area (Å²) in [4.78, 5) is 13.0. The number of sulfonamides is 1. The fourth-order valence-corrected chi connectivity index (χ4v) is 6.10. The first-order chi connectivity index (χ1) is 15.2. The van der Waals surface area contributed by atoms with Crippen LogP contribution >= 0.6 is 0 Å². The van der Waals surface area contributed by atoms with Gasteiger partial charge in [0, 0.05) is 29.7 Å². The third kappa shape index (κ3) is 4.25. The summed E-state index contributed by atoms with van der Waals surface area (Å²) in [6, 6.07) is 11.8. The quantitative estimate of drug-likeness (QED) is 0.603. The highest BCUT2D eigenvalue weighted by atomic mass is 32.2. The number of piperidine rings is 1. The van der Waals surface area contributed by atoms with Crippen molar-refractivity contribution in [1.82, 2.24) is 4.31 Å². The van der Waals surface area contributed by atoms with E-state index in [4.69, 9.17) is 9.15 Å². The van der Waals surface area contributed by atoms with Crippen LogP contribution in [-0.4, -0.2) is 38.8 Å². The van der Waals surface area contributed by atoms with Crippen molar-refractivity contribution in [1.29, 1.82) is 0 Å². The Labute approximate surface area is 188 Å². The maximum atomic E-state index is 13.3. The molecule has 170 valence electrons. The van der Waals surface area contributed by atoms with Gasteiger partial charge in [-0.25, -0.2) is 8.42 Å². The maximum Gasteiger partial charge on any atom is 0.291 e. The van der Waals surface area contributed by atoms with Gasteiger partial charge in [-0.3, -0.25) is 4.79 Å². The van der Waals surface area contributed by atoms with Gasteiger partial charge in [-0.05, 0) is 67.6 Å². The Morgan fingerprint density at radius 1 is 1.09 bits per heavy atom. The molecule has 2 atom stereocenters. The Balaban J connectivity index is 1.62. The number of fused-ring (bicyclic) bond motifs is 1. The van der Waals surface area contributed by atoms with E-state index in [0.29, 0.717) is 52.9 Å². The number of carbonyl (C=O) groups excluding carboxylic acids is 1. The molecule has 1 saturated heterocycles. The number of methoxy groups -OCH3 is 1. The van der Waals surface area contributed by atoms with Gasteiger partial charge in [-0.15, -0.1) is 0 Å². The van der Waals surface area contributed by atoms with Crippen molar-refractivity contribution in [2.75, 3.05) is 25.5 Å². The van der Waals surface area contributed by atoms with Crippen LogP contribution in [0, 0.1) is 18.8 Å². The minimum absolute atomic E-state index is 0.158. The summed E-state index contributed by atoms with van der Waals surface area (Å²) in [7, 11) is -2.05. The van der Waals surface area contributed by atoms with Crippen molar-refractivity contribution in [3.8, 4) is 5.75 Å². The molecule has 2 heterocycles. The molecule has 0 unspecified atom stereocenters. The summed E-state index contributed by atoms with van der Waals surface area (Å²) in [5.74, 6) is 1.09. The molecule has 1 aromatic heterocycles. The zero-order chi connectivity index (χ0) is 23.0. The van der Waals surface area contributed by atoms with Crippen LogP contribution in [0.15, 0.2) is 51.8 Å². The first-order valence-corrected chi connectivity index (χ1v) is 12.1. The minimum atomic E-state index is -3.62. The standard InChI is InChI=1S/C24H28N2O5S/c1-15-11-16(2)14-26(13-15)32(28,29)20-9-10-22-21(12-20)17(3)23(31-22)24(27)25-18-5-7-19(30-4)8-6-18/h5-10,12,15-16H,11,13-14H2,1-4H3,(H,25,27)/t15-,16-/m1/s1. The number of nitrogens with zero attached hydrogens (tertiary/aromatic N) is 1. The van der Waals surface area contributed by atoms with Gasteiger partial charge in [0.05, 0.1) is 12.0 Å². The predicted octanol–water partition coefficient (Wildman–Crippen LogP) is 4.67. The summed E-state index contributed by atoms with van der Waals surface area (Å²) in [5, 5.41) is 3.42. The number of aryl methyl sites for hydroxylation is 1. The Morgan fingerprint density at radius 2 is 1.75 bits per heavy atom. The number of amides is 1. The van der Waals surface area contributed by atoms with Gasteiger partial charge in [-0.1, -0.05) is 13.8 Å². The number of benzene rings is 2. The Morgan fingerprint density at radius 3 is 2.38 bits per heavy atom. The highest BCUT2D eigenvalue weighted by Crippen LogP contribution is 2.31. The van der Waals surface area contributed by atoms with Crippen LogP contribution in [0.1, 0.15) is 36.4 Å². The van der Waals surface area contributed by atoms with E-state index in [1.807, 2.05) is 0 Å². The van der Waals surface area contributed by atoms with Crippen molar-refractivity contribution in [2.45, 2.75) is 32.1 Å². The SMILES string of the molecule is COc1ccc(NC(=O)c2oc3ccc(S(=O)(=O)N4C[C@H](C)C[C@@H](C)C4)cc3c2C)cc1. The van der Waals surface area contributed by atoms with Crippen molar-refractivity contribution in [3.05, 3.63) is 53.8 Å². The van der Waals surface area contributed by atoms with Gasteiger partial charge < -0.3 is 14.5 Å². The number of nitrogens with one attached hydrogen (secondary N) is 1. The molecule has 1 amide bonds. The lowest BCUT2D eigenvalue weighted by Gasteiger charge is -2.34. The van der Waals surface area contributed by atoms with Crippen LogP contribution in [0.2, 0.25) is 0 Å². The van der Waals surface area contributed by atoms with Gasteiger partial charge in [0.25, 0.3) is 5.91 Å². The number of hydrogen-bond acceptors (Lipinski definition) is 5. The van der Waals surface area contributed by atoms with E-state index in [1.54, 1.807) is 60.8 Å². The molecule has 1 aliphatic rings. The van der Waals surface area contributed by atoms with E-state index in [9.17, 15) is 13.2 Å². The van der Waals surface area contributed by atoms with Crippen LogP contribution in [0.25, 0.3) is 11.0 Å². The van der Waals surface area contributed by atoms with Crippen LogP contribution in [0.3, 0.4) is 0 Å². The molecule has 32 heavy (non-hydrogen) atoms. The average molecular weight is 457 g/mol. The molecule has 1 aliphatic heterocycles. The smallest absolute Gasteiger partial charge is 0.291 e. The third-order valence-corrected chi connectivity index (χ3v) is 7.76. The minimum Gasteiger partial charge on any atom is -0.497 e. The van der Waals surface area contributed by atoms with Crippen LogP contribution in [0.5, 0.6) is 5.75 Å². The first kappa shape index (κ1) is 22.4. The molecule has 1 fully saturated rings. The number of anilines is 1. The average Bonchev–Trinajstić information content (AvgIpc) is 3.09. The van der Waals surface area contributed by atoms with Gasteiger partial charge >= 0.3 is 0 Å². The van der Waals surface area contributed by atoms with Crippen molar-refractivity contribution >= 4 is 32.6 Å². The second-order valence-electron chi connectivity index (χ2n) is 8.66. The van der Waals surface area contributed by atoms with Crippen LogP contribution in [0.4, 0.5) is 5.69 Å². The molecular weight excluding hydrogens is 428 g/mol. The van der Waals surface area contributed by atoms with Gasteiger partial charge in [0.15, 0.2) is 5.76 Å². The largest absolute Gasteiger partial charge is 0.497 e. The summed E-state index contributed by atoms with van der Waals surface area (Å²) >= 11 is 0. The molecule has 2 aromatic carbocycles. The van der Waals surface area contributed by atoms with E-state index in [1.165, 1.54) is 0 Å². The van der Waals surface area contributed by atoms with Crippen molar-refractivity contribution < 1.29 is 22.4 Å². The molecule has 1 N–H and O–H groups in total. The van der Waals surface area contributed by atoms with E-state index in [0.717, 1.165) is 6.42 Å². The molecule has 0 bridgehead atoms. The molecule has 0 saturated carbocycles. The van der Waals surface area contributed by atoms with Crippen molar-refractivity contribution in [3.63, 3.8) is 0 Å².